The van der Waals surface area contributed by atoms with E-state index in [1.165, 1.54) is 0 Å². The molecule has 1 aromatic carbocycles. The van der Waals surface area contributed by atoms with Crippen LogP contribution >= 0.6 is 11.6 Å². The Labute approximate surface area is 124 Å². The molecule has 0 atom stereocenters. The normalized spacial score (nSPS) is 18.9. The van der Waals surface area contributed by atoms with Crippen molar-refractivity contribution in [1.29, 1.82) is 0 Å². The predicted octanol–water partition coefficient (Wildman–Crippen LogP) is 1.30. The highest BCUT2D eigenvalue weighted by atomic mass is 35.5. The fourth-order valence-electron chi connectivity index (χ4n) is 2.04. The molecular weight excluding hydrogens is 302 g/mol. The minimum atomic E-state index is -3.53. The Kier molecular flexibility index (Phi) is 5.04. The van der Waals surface area contributed by atoms with Crippen LogP contribution < -0.4 is 4.72 Å². The molecule has 1 fully saturated rings. The van der Waals surface area contributed by atoms with Crippen LogP contribution in [0.25, 0.3) is 0 Å². The minimum absolute atomic E-state index is 0.00312. The summed E-state index contributed by atoms with van der Waals surface area (Å²) >= 11 is 5.95. The molecule has 1 heterocycles. The van der Waals surface area contributed by atoms with Crippen LogP contribution in [0.1, 0.15) is 18.4 Å². The van der Waals surface area contributed by atoms with E-state index in [0.717, 1.165) is 0 Å². The molecule has 0 spiro atoms. The maximum Gasteiger partial charge on any atom is 0.215 e. The minimum Gasteiger partial charge on any atom is -0.388 e. The maximum absolute atomic E-state index is 12.0. The molecule has 0 amide bonds. The summed E-state index contributed by atoms with van der Waals surface area (Å²) in [6.07, 6.45) is 0.864. The summed E-state index contributed by atoms with van der Waals surface area (Å²) in [6, 6.07) is 6.81. The van der Waals surface area contributed by atoms with Crippen LogP contribution in [0.4, 0.5) is 0 Å². The van der Waals surface area contributed by atoms with Gasteiger partial charge in [0.25, 0.3) is 0 Å². The van der Waals surface area contributed by atoms with Crippen molar-refractivity contribution in [2.75, 3.05) is 19.8 Å². The molecule has 1 aliphatic heterocycles. The van der Waals surface area contributed by atoms with Crippen molar-refractivity contribution < 1.29 is 18.3 Å². The van der Waals surface area contributed by atoms with Gasteiger partial charge in [-0.25, -0.2) is 13.1 Å². The highest BCUT2D eigenvalue weighted by Gasteiger charge is 2.31. The lowest BCUT2D eigenvalue weighted by Gasteiger charge is -2.32. The molecule has 1 aromatic rings. The lowest BCUT2D eigenvalue weighted by molar-refractivity contribution is -0.0588. The van der Waals surface area contributed by atoms with Crippen LogP contribution in [0.5, 0.6) is 0 Å². The smallest absolute Gasteiger partial charge is 0.215 e. The van der Waals surface area contributed by atoms with Crippen molar-refractivity contribution >= 4 is 21.6 Å². The summed E-state index contributed by atoms with van der Waals surface area (Å²) in [5.41, 5.74) is -0.480. The van der Waals surface area contributed by atoms with E-state index in [1.54, 1.807) is 24.3 Å². The van der Waals surface area contributed by atoms with E-state index in [2.05, 4.69) is 4.72 Å². The van der Waals surface area contributed by atoms with Crippen LogP contribution in [-0.4, -0.2) is 38.9 Å². The Bertz CT molecular complexity index is 555. The second kappa shape index (κ2) is 6.41. The number of halogens is 1. The zero-order chi connectivity index (χ0) is 14.6. The van der Waals surface area contributed by atoms with Crippen molar-refractivity contribution in [3.8, 4) is 0 Å². The van der Waals surface area contributed by atoms with Gasteiger partial charge in [-0.2, -0.15) is 0 Å². The van der Waals surface area contributed by atoms with Crippen molar-refractivity contribution in [1.82, 2.24) is 4.72 Å². The topological polar surface area (TPSA) is 75.6 Å². The van der Waals surface area contributed by atoms with Gasteiger partial charge in [-0.15, -0.1) is 0 Å². The molecule has 0 unspecified atom stereocenters. The third-order valence-electron chi connectivity index (χ3n) is 3.35. The molecular formula is C13H18ClNO4S. The lowest BCUT2D eigenvalue weighted by Crippen LogP contribution is -2.46. The van der Waals surface area contributed by atoms with Crippen molar-refractivity contribution in [3.63, 3.8) is 0 Å². The molecule has 1 saturated heterocycles. The first kappa shape index (κ1) is 15.7. The van der Waals surface area contributed by atoms with Crippen molar-refractivity contribution in [2.45, 2.75) is 24.2 Å². The molecule has 5 nitrogen and oxygen atoms in total. The van der Waals surface area contributed by atoms with E-state index in [1.807, 2.05) is 0 Å². The molecule has 2 N–H and O–H groups in total. The molecule has 7 heteroatoms. The number of benzene rings is 1. The summed E-state index contributed by atoms with van der Waals surface area (Å²) < 4.78 is 31.7. The van der Waals surface area contributed by atoms with Gasteiger partial charge in [-0.3, -0.25) is 0 Å². The van der Waals surface area contributed by atoms with Gasteiger partial charge in [-0.05, 0) is 11.6 Å². The van der Waals surface area contributed by atoms with E-state index < -0.39 is 15.6 Å². The zero-order valence-electron chi connectivity index (χ0n) is 11.0. The fraction of sp³-hybridized carbons (Fsp3) is 0.538. The highest BCUT2D eigenvalue weighted by Crippen LogP contribution is 2.21. The predicted molar refractivity (Wildman–Crippen MR) is 77.1 cm³/mol. The molecule has 0 bridgehead atoms. The van der Waals surface area contributed by atoms with Crippen LogP contribution in [0.2, 0.25) is 5.02 Å². The molecule has 0 radical (unpaired) electrons. The van der Waals surface area contributed by atoms with Crippen molar-refractivity contribution in [3.05, 3.63) is 34.9 Å². The molecule has 0 aromatic heterocycles. The van der Waals surface area contributed by atoms with Gasteiger partial charge in [0.05, 0.1) is 11.4 Å². The second-order valence-electron chi connectivity index (χ2n) is 5.01. The Morgan fingerprint density at radius 3 is 2.60 bits per heavy atom. The molecule has 20 heavy (non-hydrogen) atoms. The molecule has 1 aliphatic rings. The largest absolute Gasteiger partial charge is 0.388 e. The number of ether oxygens (including phenoxy) is 1. The van der Waals surface area contributed by atoms with Gasteiger partial charge in [-0.1, -0.05) is 29.8 Å². The number of nitrogens with one attached hydrogen (secondary N) is 1. The van der Waals surface area contributed by atoms with Gasteiger partial charge in [0.2, 0.25) is 10.0 Å². The van der Waals surface area contributed by atoms with Crippen LogP contribution in [0, 0.1) is 0 Å². The monoisotopic (exact) mass is 319 g/mol. The summed E-state index contributed by atoms with van der Waals surface area (Å²) in [7, 11) is -3.53. The second-order valence-corrected chi connectivity index (χ2v) is 7.22. The van der Waals surface area contributed by atoms with E-state index in [-0.39, 0.29) is 12.3 Å². The average Bonchev–Trinajstić information content (AvgIpc) is 2.40. The third-order valence-corrected chi connectivity index (χ3v) is 4.99. The number of sulfonamides is 1. The third kappa shape index (κ3) is 4.43. The highest BCUT2D eigenvalue weighted by molar-refractivity contribution is 7.88. The Hall–Kier alpha value is -0.660. The van der Waals surface area contributed by atoms with E-state index >= 15 is 0 Å². The average molecular weight is 320 g/mol. The van der Waals surface area contributed by atoms with Crippen molar-refractivity contribution in [2.24, 2.45) is 0 Å². The lowest BCUT2D eigenvalue weighted by atomic mass is 9.95. The molecule has 0 saturated carbocycles. The summed E-state index contributed by atoms with van der Waals surface area (Å²) in [5, 5.41) is 10.6. The molecule has 2 rings (SSSR count). The number of aliphatic hydroxyl groups is 1. The van der Waals surface area contributed by atoms with Crippen LogP contribution in [0.3, 0.4) is 0 Å². The van der Waals surface area contributed by atoms with Gasteiger partial charge in [0.1, 0.15) is 0 Å². The summed E-state index contributed by atoms with van der Waals surface area (Å²) in [4.78, 5) is 0. The zero-order valence-corrected chi connectivity index (χ0v) is 12.6. The Morgan fingerprint density at radius 2 is 1.95 bits per heavy atom. The van der Waals surface area contributed by atoms with Gasteiger partial charge < -0.3 is 9.84 Å². The first-order chi connectivity index (χ1) is 9.40. The molecule has 112 valence electrons. The SMILES string of the molecule is O=S(=O)(Cc1ccccc1Cl)NCC1(O)CCOCC1. The number of rotatable bonds is 5. The molecule has 0 aliphatic carbocycles. The summed E-state index contributed by atoms with van der Waals surface area (Å²) in [5.74, 6) is -0.195. The first-order valence-corrected chi connectivity index (χ1v) is 8.44. The Morgan fingerprint density at radius 1 is 1.30 bits per heavy atom. The maximum atomic E-state index is 12.0. The van der Waals surface area contributed by atoms with E-state index in [9.17, 15) is 13.5 Å². The Balaban J connectivity index is 1.96. The standard InChI is InChI=1S/C13H18ClNO4S/c14-12-4-2-1-3-11(12)9-20(17,18)15-10-13(16)5-7-19-8-6-13/h1-4,15-16H,5-10H2. The van der Waals surface area contributed by atoms with Gasteiger partial charge in [0, 0.05) is 37.6 Å². The van der Waals surface area contributed by atoms with E-state index in [4.69, 9.17) is 16.3 Å². The number of hydrogen-bond acceptors (Lipinski definition) is 4. The fourth-order valence-corrected chi connectivity index (χ4v) is 3.58. The summed E-state index contributed by atoms with van der Waals surface area (Å²) in [6.45, 7) is 0.897. The van der Waals surface area contributed by atoms with Gasteiger partial charge >= 0.3 is 0 Å². The number of hydrogen-bond donors (Lipinski definition) is 2. The quantitative estimate of drug-likeness (QED) is 0.858. The first-order valence-electron chi connectivity index (χ1n) is 6.41. The van der Waals surface area contributed by atoms with Crippen LogP contribution in [-0.2, 0) is 20.5 Å². The van der Waals surface area contributed by atoms with Gasteiger partial charge in [0.15, 0.2) is 0 Å². The van der Waals surface area contributed by atoms with Crippen LogP contribution in [0.15, 0.2) is 24.3 Å². The van der Waals surface area contributed by atoms with E-state index in [0.29, 0.717) is 36.6 Å².